The van der Waals surface area contributed by atoms with Crippen molar-refractivity contribution in [3.8, 4) is 5.75 Å². The molecule has 0 aliphatic carbocycles. The van der Waals surface area contributed by atoms with E-state index in [1.807, 2.05) is 23.9 Å². The van der Waals surface area contributed by atoms with Gasteiger partial charge in [-0.1, -0.05) is 0 Å². The van der Waals surface area contributed by atoms with Crippen molar-refractivity contribution in [2.75, 3.05) is 20.2 Å². The van der Waals surface area contributed by atoms with Crippen LogP contribution >= 0.6 is 0 Å². The number of methoxy groups -OCH3 is 1. The molecule has 0 bridgehead atoms. The molecule has 0 amide bonds. The fraction of sp³-hybridized carbons (Fsp3) is 0.438. The van der Waals surface area contributed by atoms with E-state index in [9.17, 15) is 8.42 Å². The van der Waals surface area contributed by atoms with Crippen molar-refractivity contribution in [3.05, 3.63) is 42.2 Å². The van der Waals surface area contributed by atoms with Crippen LogP contribution in [-0.4, -0.2) is 42.7 Å². The second kappa shape index (κ2) is 6.33. The van der Waals surface area contributed by atoms with Gasteiger partial charge in [0, 0.05) is 25.5 Å². The van der Waals surface area contributed by atoms with Gasteiger partial charge in [0.1, 0.15) is 5.75 Å². The molecule has 1 aliphatic heterocycles. The van der Waals surface area contributed by atoms with Gasteiger partial charge in [-0.25, -0.2) is 8.42 Å². The summed E-state index contributed by atoms with van der Waals surface area (Å²) in [6.07, 6.45) is 5.23. The summed E-state index contributed by atoms with van der Waals surface area (Å²) in [6.45, 7) is 2.87. The molecule has 6 nitrogen and oxygen atoms in total. The third-order valence-electron chi connectivity index (χ3n) is 4.33. The van der Waals surface area contributed by atoms with Gasteiger partial charge >= 0.3 is 0 Å². The molecular formula is C16H21N3O3S. The minimum absolute atomic E-state index is 0.272. The van der Waals surface area contributed by atoms with Crippen molar-refractivity contribution in [3.63, 3.8) is 0 Å². The van der Waals surface area contributed by atoms with E-state index < -0.39 is 10.0 Å². The minimum Gasteiger partial charge on any atom is -0.496 e. The highest BCUT2D eigenvalue weighted by molar-refractivity contribution is 7.89. The van der Waals surface area contributed by atoms with Crippen LogP contribution in [0.25, 0.3) is 0 Å². The third kappa shape index (κ3) is 3.11. The molecule has 3 rings (SSSR count). The summed E-state index contributed by atoms with van der Waals surface area (Å²) in [5, 5.41) is 4.25. The van der Waals surface area contributed by atoms with E-state index >= 15 is 0 Å². The number of aryl methyl sites for hydroxylation is 1. The Labute approximate surface area is 136 Å². The molecular weight excluding hydrogens is 314 g/mol. The van der Waals surface area contributed by atoms with Crippen LogP contribution in [0.15, 0.2) is 41.6 Å². The number of hydrogen-bond acceptors (Lipinski definition) is 4. The number of aromatic nitrogens is 2. The van der Waals surface area contributed by atoms with Gasteiger partial charge in [0.05, 0.1) is 18.0 Å². The zero-order valence-corrected chi connectivity index (χ0v) is 14.2. The van der Waals surface area contributed by atoms with Crippen molar-refractivity contribution in [1.29, 1.82) is 0 Å². The minimum atomic E-state index is -3.45. The number of nitrogens with zero attached hydrogens (tertiary/aromatic N) is 3. The first kappa shape index (κ1) is 16.0. The summed E-state index contributed by atoms with van der Waals surface area (Å²) in [5.41, 5.74) is 0.819. The monoisotopic (exact) mass is 335 g/mol. The second-order valence-corrected chi connectivity index (χ2v) is 7.69. The average molecular weight is 335 g/mol. The van der Waals surface area contributed by atoms with Crippen LogP contribution in [0.4, 0.5) is 0 Å². The summed E-state index contributed by atoms with van der Waals surface area (Å²) >= 11 is 0. The SMILES string of the molecule is COc1ccc(S(=O)(=O)N2CCC(n3cccn3)CC2)cc1C. The van der Waals surface area contributed by atoms with Crippen LogP contribution in [0.2, 0.25) is 0 Å². The van der Waals surface area contributed by atoms with Gasteiger partial charge in [0.2, 0.25) is 10.0 Å². The highest BCUT2D eigenvalue weighted by atomic mass is 32.2. The lowest BCUT2D eigenvalue weighted by Gasteiger charge is -2.31. The Hall–Kier alpha value is -1.86. The van der Waals surface area contributed by atoms with E-state index in [4.69, 9.17) is 4.74 Å². The Kier molecular flexibility index (Phi) is 4.41. The van der Waals surface area contributed by atoms with Crippen LogP contribution in [0.5, 0.6) is 5.75 Å². The molecule has 1 saturated heterocycles. The Morgan fingerprint density at radius 3 is 2.57 bits per heavy atom. The normalized spacial score (nSPS) is 17.3. The van der Waals surface area contributed by atoms with Crippen molar-refractivity contribution < 1.29 is 13.2 Å². The largest absolute Gasteiger partial charge is 0.496 e. The van der Waals surface area contributed by atoms with Gasteiger partial charge in [-0.2, -0.15) is 9.40 Å². The van der Waals surface area contributed by atoms with Crippen LogP contribution in [0.1, 0.15) is 24.4 Å². The van der Waals surface area contributed by atoms with E-state index in [0.29, 0.717) is 23.7 Å². The van der Waals surface area contributed by atoms with Gasteiger partial charge in [-0.15, -0.1) is 0 Å². The van der Waals surface area contributed by atoms with E-state index in [1.165, 1.54) is 0 Å². The standard InChI is InChI=1S/C16H21N3O3S/c1-13-12-15(4-5-16(13)22-2)23(20,21)18-10-6-14(7-11-18)19-9-3-8-17-19/h3-5,8-9,12,14H,6-7,10-11H2,1-2H3. The maximum absolute atomic E-state index is 12.8. The van der Waals surface area contributed by atoms with Gasteiger partial charge in [0.25, 0.3) is 0 Å². The molecule has 2 heterocycles. The maximum Gasteiger partial charge on any atom is 0.243 e. The summed E-state index contributed by atoms with van der Waals surface area (Å²) in [4.78, 5) is 0.327. The highest BCUT2D eigenvalue weighted by Gasteiger charge is 2.30. The number of hydrogen-bond donors (Lipinski definition) is 0. The number of piperidine rings is 1. The molecule has 0 spiro atoms. The summed E-state index contributed by atoms with van der Waals surface area (Å²) < 4.78 is 34.3. The van der Waals surface area contributed by atoms with E-state index in [0.717, 1.165) is 18.4 Å². The first-order valence-corrected chi connectivity index (χ1v) is 9.10. The van der Waals surface area contributed by atoms with Crippen LogP contribution in [0.3, 0.4) is 0 Å². The first-order valence-electron chi connectivity index (χ1n) is 7.66. The second-order valence-electron chi connectivity index (χ2n) is 5.75. The van der Waals surface area contributed by atoms with Gasteiger partial charge in [0.15, 0.2) is 0 Å². The first-order chi connectivity index (χ1) is 11.0. The molecule has 23 heavy (non-hydrogen) atoms. The van der Waals surface area contributed by atoms with E-state index in [1.54, 1.807) is 35.8 Å². The highest BCUT2D eigenvalue weighted by Crippen LogP contribution is 2.28. The van der Waals surface area contributed by atoms with E-state index in [2.05, 4.69) is 5.10 Å². The molecule has 124 valence electrons. The quantitative estimate of drug-likeness (QED) is 0.859. The molecule has 1 aromatic carbocycles. The number of ether oxygens (including phenoxy) is 1. The van der Waals surface area contributed by atoms with Gasteiger partial charge in [-0.3, -0.25) is 4.68 Å². The molecule has 0 atom stereocenters. The Bertz CT molecular complexity index is 764. The molecule has 7 heteroatoms. The number of rotatable bonds is 4. The zero-order chi connectivity index (χ0) is 16.4. The predicted molar refractivity (Wildman–Crippen MR) is 87.0 cm³/mol. The van der Waals surface area contributed by atoms with Crippen molar-refractivity contribution >= 4 is 10.0 Å². The van der Waals surface area contributed by atoms with Crippen molar-refractivity contribution in [1.82, 2.24) is 14.1 Å². The third-order valence-corrected chi connectivity index (χ3v) is 6.22. The lowest BCUT2D eigenvalue weighted by Crippen LogP contribution is -2.39. The zero-order valence-electron chi connectivity index (χ0n) is 13.3. The molecule has 0 unspecified atom stereocenters. The van der Waals surface area contributed by atoms with Crippen molar-refractivity contribution in [2.45, 2.75) is 30.7 Å². The number of sulfonamides is 1. The number of benzene rings is 1. The molecule has 1 fully saturated rings. The van der Waals surface area contributed by atoms with Crippen LogP contribution in [-0.2, 0) is 10.0 Å². The summed E-state index contributed by atoms with van der Waals surface area (Å²) in [6, 6.07) is 7.16. The van der Waals surface area contributed by atoms with Crippen molar-refractivity contribution in [2.24, 2.45) is 0 Å². The molecule has 1 aromatic heterocycles. The van der Waals surface area contributed by atoms with Crippen LogP contribution < -0.4 is 4.74 Å². The smallest absolute Gasteiger partial charge is 0.243 e. The Morgan fingerprint density at radius 2 is 2.00 bits per heavy atom. The average Bonchev–Trinajstić information content (AvgIpc) is 3.09. The topological polar surface area (TPSA) is 64.4 Å². The Morgan fingerprint density at radius 1 is 1.26 bits per heavy atom. The van der Waals surface area contributed by atoms with Gasteiger partial charge in [-0.05, 0) is 49.6 Å². The molecule has 1 aliphatic rings. The summed E-state index contributed by atoms with van der Waals surface area (Å²) in [5.74, 6) is 0.696. The maximum atomic E-state index is 12.8. The fourth-order valence-electron chi connectivity index (χ4n) is 3.00. The lowest BCUT2D eigenvalue weighted by molar-refractivity contribution is 0.261. The van der Waals surface area contributed by atoms with E-state index in [-0.39, 0.29) is 6.04 Å². The lowest BCUT2D eigenvalue weighted by atomic mass is 10.1. The molecule has 0 saturated carbocycles. The fourth-order valence-corrected chi connectivity index (χ4v) is 4.56. The van der Waals surface area contributed by atoms with Gasteiger partial charge < -0.3 is 4.74 Å². The summed E-state index contributed by atoms with van der Waals surface area (Å²) in [7, 11) is -1.87. The van der Waals surface area contributed by atoms with Crippen LogP contribution in [0, 0.1) is 6.92 Å². The molecule has 0 N–H and O–H groups in total. The predicted octanol–water partition coefficient (Wildman–Crippen LogP) is 2.23. The molecule has 0 radical (unpaired) electrons. The Balaban J connectivity index is 1.75. The molecule has 2 aromatic rings.